The van der Waals surface area contributed by atoms with Crippen LogP contribution in [0.2, 0.25) is 0 Å². The van der Waals surface area contributed by atoms with Crippen LogP contribution < -0.4 is 5.32 Å². The maximum absolute atomic E-state index is 11.2. The van der Waals surface area contributed by atoms with Gasteiger partial charge in [0.2, 0.25) is 5.91 Å². The Hall–Kier alpha value is -0.650. The Labute approximate surface area is 85.4 Å². The number of likely N-dealkylation sites (N-methyl/N-ethyl adjacent to an activating group) is 1. The molecule has 0 saturated heterocycles. The third-order valence-electron chi connectivity index (χ3n) is 1.83. The van der Waals surface area contributed by atoms with Crippen molar-refractivity contribution in [2.75, 3.05) is 48.0 Å². The molecule has 0 rings (SSSR count). The number of hydrogen-bond donors (Lipinski definition) is 1. The minimum Gasteiger partial charge on any atom is -0.382 e. The van der Waals surface area contributed by atoms with Crippen LogP contribution in [0.5, 0.6) is 0 Å². The van der Waals surface area contributed by atoms with Crippen molar-refractivity contribution in [3.05, 3.63) is 0 Å². The lowest BCUT2D eigenvalue weighted by atomic mass is 10.3. The van der Waals surface area contributed by atoms with Gasteiger partial charge in [-0.1, -0.05) is 0 Å². The summed E-state index contributed by atoms with van der Waals surface area (Å²) in [6.45, 7) is 1.47. The summed E-state index contributed by atoms with van der Waals surface area (Å²) in [5, 5.41) is 3.01. The smallest absolute Gasteiger partial charge is 0.236 e. The zero-order valence-electron chi connectivity index (χ0n) is 9.37. The van der Waals surface area contributed by atoms with E-state index in [-0.39, 0.29) is 12.0 Å². The summed E-state index contributed by atoms with van der Waals surface area (Å²) in [4.78, 5) is 12.7. The highest BCUT2D eigenvalue weighted by Gasteiger charge is 2.08. The van der Waals surface area contributed by atoms with Crippen LogP contribution in [-0.2, 0) is 14.3 Å². The summed E-state index contributed by atoms with van der Waals surface area (Å²) >= 11 is 0. The number of methoxy groups -OCH3 is 2. The molecule has 0 radical (unpaired) electrons. The van der Waals surface area contributed by atoms with E-state index in [0.717, 1.165) is 0 Å². The molecule has 0 aromatic heterocycles. The molecule has 1 amide bonds. The fourth-order valence-corrected chi connectivity index (χ4v) is 0.894. The van der Waals surface area contributed by atoms with Crippen LogP contribution in [0.1, 0.15) is 0 Å². The van der Waals surface area contributed by atoms with E-state index >= 15 is 0 Å². The second-order valence-corrected chi connectivity index (χ2v) is 3.23. The molecule has 0 bridgehead atoms. The molecule has 1 unspecified atom stereocenters. The monoisotopic (exact) mass is 204 g/mol. The Morgan fingerprint density at radius 3 is 2.50 bits per heavy atom. The minimum absolute atomic E-state index is 0.00466. The van der Waals surface area contributed by atoms with E-state index in [0.29, 0.717) is 19.7 Å². The molecule has 0 aliphatic carbocycles. The van der Waals surface area contributed by atoms with E-state index in [9.17, 15) is 4.79 Å². The Morgan fingerprint density at radius 1 is 1.43 bits per heavy atom. The molecule has 5 heteroatoms. The largest absolute Gasteiger partial charge is 0.382 e. The van der Waals surface area contributed by atoms with Gasteiger partial charge < -0.3 is 19.7 Å². The highest BCUT2D eigenvalue weighted by Crippen LogP contribution is 1.88. The number of rotatable bonds is 7. The Morgan fingerprint density at radius 2 is 2.07 bits per heavy atom. The average molecular weight is 204 g/mol. The number of carbonyl (C=O) groups is 1. The van der Waals surface area contributed by atoms with E-state index in [1.165, 1.54) is 0 Å². The molecule has 0 aliphatic heterocycles. The SMILES string of the molecule is COCC(CNCC(=O)N(C)C)OC. The quantitative estimate of drug-likeness (QED) is 0.597. The summed E-state index contributed by atoms with van der Waals surface area (Å²) in [5.74, 6) is 0.0530. The lowest BCUT2D eigenvalue weighted by molar-refractivity contribution is -0.127. The first-order valence-corrected chi connectivity index (χ1v) is 4.54. The molecule has 1 N–H and O–H groups in total. The van der Waals surface area contributed by atoms with Crippen LogP contribution in [0.15, 0.2) is 0 Å². The molecular formula is C9H20N2O3. The molecule has 0 spiro atoms. The number of amides is 1. The van der Waals surface area contributed by atoms with Crippen molar-refractivity contribution in [3.8, 4) is 0 Å². The third-order valence-corrected chi connectivity index (χ3v) is 1.83. The van der Waals surface area contributed by atoms with E-state index in [2.05, 4.69) is 5.32 Å². The van der Waals surface area contributed by atoms with Gasteiger partial charge in [-0.3, -0.25) is 4.79 Å². The minimum atomic E-state index is -0.00466. The highest BCUT2D eigenvalue weighted by atomic mass is 16.5. The molecule has 0 aromatic carbocycles. The lowest BCUT2D eigenvalue weighted by Gasteiger charge is -2.16. The van der Waals surface area contributed by atoms with Crippen molar-refractivity contribution in [3.63, 3.8) is 0 Å². The molecule has 84 valence electrons. The van der Waals surface area contributed by atoms with Crippen molar-refractivity contribution in [2.45, 2.75) is 6.10 Å². The van der Waals surface area contributed by atoms with Crippen LogP contribution in [-0.4, -0.2) is 64.9 Å². The van der Waals surface area contributed by atoms with Gasteiger partial charge in [0.15, 0.2) is 0 Å². The van der Waals surface area contributed by atoms with Gasteiger partial charge in [-0.15, -0.1) is 0 Å². The van der Waals surface area contributed by atoms with Crippen molar-refractivity contribution >= 4 is 5.91 Å². The summed E-state index contributed by atoms with van der Waals surface area (Å²) in [6.07, 6.45) is -0.00466. The third kappa shape index (κ3) is 5.90. The van der Waals surface area contributed by atoms with Crippen molar-refractivity contribution in [1.29, 1.82) is 0 Å². The number of hydrogen-bond acceptors (Lipinski definition) is 4. The second kappa shape index (κ2) is 7.73. The summed E-state index contributed by atoms with van der Waals surface area (Å²) in [6, 6.07) is 0. The van der Waals surface area contributed by atoms with Crippen molar-refractivity contribution in [1.82, 2.24) is 10.2 Å². The van der Waals surface area contributed by atoms with Crippen molar-refractivity contribution in [2.24, 2.45) is 0 Å². The zero-order chi connectivity index (χ0) is 11.0. The molecule has 14 heavy (non-hydrogen) atoms. The number of carbonyl (C=O) groups excluding carboxylic acids is 1. The van der Waals surface area contributed by atoms with Gasteiger partial charge in [0.25, 0.3) is 0 Å². The van der Waals surface area contributed by atoms with E-state index in [4.69, 9.17) is 9.47 Å². The molecule has 0 saturated carbocycles. The second-order valence-electron chi connectivity index (χ2n) is 3.23. The van der Waals surface area contributed by atoms with Gasteiger partial charge in [0, 0.05) is 34.9 Å². The van der Waals surface area contributed by atoms with Gasteiger partial charge in [0.05, 0.1) is 19.3 Å². The number of ether oxygens (including phenoxy) is 2. The van der Waals surface area contributed by atoms with Gasteiger partial charge in [0.1, 0.15) is 0 Å². The summed E-state index contributed by atoms with van der Waals surface area (Å²) < 4.78 is 10.1. The summed E-state index contributed by atoms with van der Waals surface area (Å²) in [5.41, 5.74) is 0. The fraction of sp³-hybridized carbons (Fsp3) is 0.889. The molecule has 0 aliphatic rings. The Balaban J connectivity index is 3.55. The number of nitrogens with one attached hydrogen (secondary N) is 1. The van der Waals surface area contributed by atoms with Gasteiger partial charge in [-0.2, -0.15) is 0 Å². The topological polar surface area (TPSA) is 50.8 Å². The molecule has 5 nitrogen and oxygen atoms in total. The predicted molar refractivity (Wildman–Crippen MR) is 54.2 cm³/mol. The van der Waals surface area contributed by atoms with Gasteiger partial charge in [-0.05, 0) is 0 Å². The standard InChI is InChI=1S/C9H20N2O3/c1-11(2)9(12)6-10-5-8(14-4)7-13-3/h8,10H,5-7H2,1-4H3. The Bertz CT molecular complexity index is 162. The zero-order valence-corrected chi connectivity index (χ0v) is 9.37. The maximum atomic E-state index is 11.2. The van der Waals surface area contributed by atoms with Gasteiger partial charge in [-0.25, -0.2) is 0 Å². The van der Waals surface area contributed by atoms with E-state index in [1.54, 1.807) is 33.2 Å². The summed E-state index contributed by atoms with van der Waals surface area (Å²) in [7, 11) is 6.70. The molecule has 0 aromatic rings. The maximum Gasteiger partial charge on any atom is 0.236 e. The van der Waals surface area contributed by atoms with Crippen molar-refractivity contribution < 1.29 is 14.3 Å². The average Bonchev–Trinajstić information content (AvgIpc) is 2.16. The van der Waals surface area contributed by atoms with Crippen LogP contribution >= 0.6 is 0 Å². The molecule has 1 atom stereocenters. The van der Waals surface area contributed by atoms with E-state index < -0.39 is 0 Å². The van der Waals surface area contributed by atoms with Crippen LogP contribution in [0.4, 0.5) is 0 Å². The predicted octanol–water partition coefficient (Wildman–Crippen LogP) is -0.674. The molecular weight excluding hydrogens is 184 g/mol. The first-order valence-electron chi connectivity index (χ1n) is 4.54. The van der Waals surface area contributed by atoms with Crippen LogP contribution in [0.3, 0.4) is 0 Å². The number of nitrogens with zero attached hydrogens (tertiary/aromatic N) is 1. The van der Waals surface area contributed by atoms with Crippen LogP contribution in [0, 0.1) is 0 Å². The first-order chi connectivity index (χ1) is 6.61. The van der Waals surface area contributed by atoms with Crippen LogP contribution in [0.25, 0.3) is 0 Å². The lowest BCUT2D eigenvalue weighted by Crippen LogP contribution is -2.38. The highest BCUT2D eigenvalue weighted by molar-refractivity contribution is 5.77. The normalized spacial score (nSPS) is 12.6. The Kier molecular flexibility index (Phi) is 7.37. The molecule has 0 fully saturated rings. The van der Waals surface area contributed by atoms with Gasteiger partial charge >= 0.3 is 0 Å². The fourth-order valence-electron chi connectivity index (χ4n) is 0.894. The first kappa shape index (κ1) is 13.4. The van der Waals surface area contributed by atoms with E-state index in [1.807, 2.05) is 0 Å². The molecule has 0 heterocycles.